The minimum atomic E-state index is -0.204. The predicted molar refractivity (Wildman–Crippen MR) is 145 cm³/mol. The van der Waals surface area contributed by atoms with Gasteiger partial charge in [-0.15, -0.1) is 0 Å². The molecule has 3 rings (SSSR count). The number of hydrogen-bond acceptors (Lipinski definition) is 6. The van der Waals surface area contributed by atoms with Crippen LogP contribution in [0.2, 0.25) is 0 Å². The van der Waals surface area contributed by atoms with E-state index in [2.05, 4.69) is 53.6 Å². The summed E-state index contributed by atoms with van der Waals surface area (Å²) in [6, 6.07) is 8.35. The third-order valence-corrected chi connectivity index (χ3v) is 6.01. The molecule has 0 saturated carbocycles. The zero-order chi connectivity index (χ0) is 25.2. The first-order valence-electron chi connectivity index (χ1n) is 12.1. The number of carbonyl (C=O) groups excluding carboxylic acids is 1. The number of hydrogen-bond donors (Lipinski definition) is 1. The van der Waals surface area contributed by atoms with E-state index in [1.54, 1.807) is 11.9 Å². The molecule has 1 fully saturated rings. The highest BCUT2D eigenvalue weighted by Crippen LogP contribution is 2.25. The SMILES string of the molecule is C=C/C(=C\N(C)C)c1cccc(C2=NC(CCCCN3CCOC3=O)C(/C(C=NC)=C/C)=CN2)c1. The molecule has 35 heavy (non-hydrogen) atoms. The quantitative estimate of drug-likeness (QED) is 0.287. The molecule has 0 spiro atoms. The minimum Gasteiger partial charge on any atom is -0.448 e. The number of allylic oxidation sites excluding steroid dienone is 3. The van der Waals surface area contributed by atoms with Crippen LogP contribution in [0.3, 0.4) is 0 Å². The summed E-state index contributed by atoms with van der Waals surface area (Å²) in [6.07, 6.45) is 12.5. The molecule has 0 aromatic heterocycles. The normalized spacial score (nSPS) is 18.8. The van der Waals surface area contributed by atoms with Crippen molar-refractivity contribution in [1.82, 2.24) is 15.1 Å². The Morgan fingerprint density at radius 1 is 1.34 bits per heavy atom. The van der Waals surface area contributed by atoms with Crippen molar-refractivity contribution >= 4 is 23.7 Å². The Kier molecular flexibility index (Phi) is 9.47. The lowest BCUT2D eigenvalue weighted by Gasteiger charge is -2.25. The van der Waals surface area contributed by atoms with Gasteiger partial charge in [-0.1, -0.05) is 36.9 Å². The van der Waals surface area contributed by atoms with Crippen LogP contribution in [0, 0.1) is 0 Å². The molecule has 2 aliphatic rings. The van der Waals surface area contributed by atoms with Gasteiger partial charge >= 0.3 is 6.09 Å². The van der Waals surface area contributed by atoms with Crippen LogP contribution in [0.5, 0.6) is 0 Å². The topological polar surface area (TPSA) is 69.5 Å². The zero-order valence-corrected chi connectivity index (χ0v) is 21.3. The lowest BCUT2D eigenvalue weighted by atomic mass is 9.94. The van der Waals surface area contributed by atoms with Crippen LogP contribution < -0.4 is 5.32 Å². The van der Waals surface area contributed by atoms with E-state index in [1.807, 2.05) is 44.3 Å². The van der Waals surface area contributed by atoms with Crippen LogP contribution in [-0.4, -0.2) is 74.8 Å². The Morgan fingerprint density at radius 2 is 2.17 bits per heavy atom. The lowest BCUT2D eigenvalue weighted by molar-refractivity contribution is 0.158. The second-order valence-electron chi connectivity index (χ2n) is 8.80. The fourth-order valence-electron chi connectivity index (χ4n) is 4.25. The Morgan fingerprint density at radius 3 is 2.83 bits per heavy atom. The number of nitrogens with one attached hydrogen (secondary N) is 1. The first kappa shape index (κ1) is 26.0. The number of cyclic esters (lactones) is 1. The number of rotatable bonds is 11. The van der Waals surface area contributed by atoms with Crippen LogP contribution in [0.1, 0.15) is 37.3 Å². The van der Waals surface area contributed by atoms with Crippen LogP contribution in [0.25, 0.3) is 5.57 Å². The van der Waals surface area contributed by atoms with Gasteiger partial charge in [0, 0.05) is 57.4 Å². The number of aliphatic imine (C=N–C) groups is 2. The van der Waals surface area contributed by atoms with Gasteiger partial charge in [0.25, 0.3) is 0 Å². The van der Waals surface area contributed by atoms with Crippen molar-refractivity contribution in [2.24, 2.45) is 9.98 Å². The van der Waals surface area contributed by atoms with Gasteiger partial charge < -0.3 is 19.9 Å². The first-order valence-corrected chi connectivity index (χ1v) is 12.1. The van der Waals surface area contributed by atoms with Gasteiger partial charge in [0.05, 0.1) is 12.6 Å². The van der Waals surface area contributed by atoms with Crippen molar-refractivity contribution in [3.63, 3.8) is 0 Å². The van der Waals surface area contributed by atoms with E-state index in [0.717, 1.165) is 59.5 Å². The number of amidine groups is 1. The maximum absolute atomic E-state index is 11.7. The van der Waals surface area contributed by atoms with E-state index in [0.29, 0.717) is 13.2 Å². The molecule has 7 heteroatoms. The third kappa shape index (κ3) is 6.94. The fraction of sp³-hybridized carbons (Fsp3) is 0.393. The molecule has 1 atom stereocenters. The molecule has 186 valence electrons. The third-order valence-electron chi connectivity index (χ3n) is 6.01. The van der Waals surface area contributed by atoms with Gasteiger partial charge in [-0.05, 0) is 49.0 Å². The van der Waals surface area contributed by atoms with Gasteiger partial charge in [0.15, 0.2) is 0 Å². The van der Waals surface area contributed by atoms with Crippen molar-refractivity contribution < 1.29 is 9.53 Å². The van der Waals surface area contributed by atoms with Crippen LogP contribution >= 0.6 is 0 Å². The Hall–Kier alpha value is -3.61. The second-order valence-corrected chi connectivity index (χ2v) is 8.80. The maximum atomic E-state index is 11.7. The van der Waals surface area contributed by atoms with Crippen molar-refractivity contribution in [2.75, 3.05) is 40.8 Å². The first-order chi connectivity index (χ1) is 17.0. The number of benzene rings is 1. The van der Waals surface area contributed by atoms with Crippen LogP contribution in [0.15, 0.2) is 76.5 Å². The highest BCUT2D eigenvalue weighted by molar-refractivity contribution is 6.01. The monoisotopic (exact) mass is 475 g/mol. The summed E-state index contributed by atoms with van der Waals surface area (Å²) in [6.45, 7) is 7.88. The Balaban J connectivity index is 1.81. The second kappa shape index (κ2) is 12.7. The van der Waals surface area contributed by atoms with Crippen LogP contribution in [-0.2, 0) is 4.74 Å². The predicted octanol–water partition coefficient (Wildman–Crippen LogP) is 4.65. The smallest absolute Gasteiger partial charge is 0.409 e. The summed E-state index contributed by atoms with van der Waals surface area (Å²) in [5.41, 5.74) is 5.36. The highest BCUT2D eigenvalue weighted by atomic mass is 16.6. The molecule has 1 aromatic rings. The van der Waals surface area contributed by atoms with Gasteiger partial charge in [0.2, 0.25) is 0 Å². The van der Waals surface area contributed by atoms with Crippen molar-refractivity contribution in [3.05, 3.63) is 77.7 Å². The van der Waals surface area contributed by atoms with E-state index in [-0.39, 0.29) is 12.1 Å². The summed E-state index contributed by atoms with van der Waals surface area (Å²) < 4.78 is 5.03. The molecule has 1 aromatic carbocycles. The number of ether oxygens (including phenoxy) is 1. The van der Waals surface area contributed by atoms with Crippen LogP contribution in [0.4, 0.5) is 4.79 Å². The van der Waals surface area contributed by atoms with Crippen molar-refractivity contribution in [2.45, 2.75) is 32.2 Å². The van der Waals surface area contributed by atoms with E-state index in [1.165, 1.54) is 0 Å². The highest BCUT2D eigenvalue weighted by Gasteiger charge is 2.23. The largest absolute Gasteiger partial charge is 0.448 e. The van der Waals surface area contributed by atoms with Gasteiger partial charge in [-0.2, -0.15) is 0 Å². The molecule has 1 N–H and O–H groups in total. The minimum absolute atomic E-state index is 0.000766. The zero-order valence-electron chi connectivity index (χ0n) is 21.3. The van der Waals surface area contributed by atoms with E-state index in [4.69, 9.17) is 9.73 Å². The fourth-order valence-corrected chi connectivity index (χ4v) is 4.25. The molecule has 2 heterocycles. The van der Waals surface area contributed by atoms with Crippen molar-refractivity contribution in [1.29, 1.82) is 0 Å². The average Bonchev–Trinajstić information content (AvgIpc) is 3.28. The molecule has 1 saturated heterocycles. The molecule has 2 aliphatic heterocycles. The molecule has 1 unspecified atom stereocenters. The summed E-state index contributed by atoms with van der Waals surface area (Å²) in [7, 11) is 5.79. The summed E-state index contributed by atoms with van der Waals surface area (Å²) in [5.74, 6) is 0.848. The molecule has 0 radical (unpaired) electrons. The van der Waals surface area contributed by atoms with Crippen molar-refractivity contribution in [3.8, 4) is 0 Å². The maximum Gasteiger partial charge on any atom is 0.409 e. The van der Waals surface area contributed by atoms with Gasteiger partial charge in [0.1, 0.15) is 12.4 Å². The number of carbonyl (C=O) groups is 1. The summed E-state index contributed by atoms with van der Waals surface area (Å²) >= 11 is 0. The van der Waals surface area contributed by atoms with E-state index in [9.17, 15) is 4.79 Å². The van der Waals surface area contributed by atoms with E-state index >= 15 is 0 Å². The molecule has 7 nitrogen and oxygen atoms in total. The lowest BCUT2D eigenvalue weighted by Crippen LogP contribution is -2.30. The average molecular weight is 476 g/mol. The number of unbranched alkanes of at least 4 members (excludes halogenated alkanes) is 1. The van der Waals surface area contributed by atoms with Gasteiger partial charge in [-0.25, -0.2) is 4.79 Å². The standard InChI is InChI=1S/C28H37N5O2/c1-6-21(18-29-3)25-19-30-27(24-12-10-11-23(17-24)22(7-2)20-32(4)5)31-26(25)13-8-9-14-33-15-16-35-28(33)34/h6-7,10-12,17-20,26H,2,8-9,13-16H2,1,3-5H3,(H,30,31)/b21-6+,22-20+,29-18?. The molecule has 0 bridgehead atoms. The Labute approximate surface area is 209 Å². The van der Waals surface area contributed by atoms with Gasteiger partial charge in [-0.3, -0.25) is 9.98 Å². The molecular formula is C28H37N5O2. The van der Waals surface area contributed by atoms with E-state index < -0.39 is 0 Å². The number of nitrogens with zero attached hydrogens (tertiary/aromatic N) is 4. The Bertz CT molecular complexity index is 1060. The number of amides is 1. The summed E-state index contributed by atoms with van der Waals surface area (Å²) in [4.78, 5) is 24.9. The summed E-state index contributed by atoms with van der Waals surface area (Å²) in [5, 5.41) is 3.41. The molecular weight excluding hydrogens is 438 g/mol. The molecule has 1 amide bonds. The molecule has 0 aliphatic carbocycles.